The standard InChI is InChI=1S/C14H20N6O2/c1-5-6-15-14(22)12-11(8-17-20(12)4)18-13(21)10-7-16-19(3)9(10)2/h7-8H,5-6H2,1-4H3,(H,15,22)(H,18,21). The van der Waals surface area contributed by atoms with Crippen LogP contribution in [0.1, 0.15) is 39.9 Å². The molecule has 0 saturated carbocycles. The highest BCUT2D eigenvalue weighted by molar-refractivity contribution is 6.08. The van der Waals surface area contributed by atoms with Crippen LogP contribution in [-0.2, 0) is 14.1 Å². The van der Waals surface area contributed by atoms with Gasteiger partial charge in [-0.1, -0.05) is 6.92 Å². The number of carbonyl (C=O) groups is 2. The molecule has 0 saturated heterocycles. The molecule has 2 aromatic heterocycles. The average molecular weight is 304 g/mol. The van der Waals surface area contributed by atoms with Gasteiger partial charge in [0.25, 0.3) is 11.8 Å². The van der Waals surface area contributed by atoms with Crippen LogP contribution in [0.4, 0.5) is 5.69 Å². The number of carbonyl (C=O) groups excluding carboxylic acids is 2. The Morgan fingerprint density at radius 1 is 1.14 bits per heavy atom. The van der Waals surface area contributed by atoms with Gasteiger partial charge in [0.05, 0.1) is 23.6 Å². The van der Waals surface area contributed by atoms with E-state index in [1.54, 1.807) is 25.7 Å². The number of hydrogen-bond donors (Lipinski definition) is 2. The van der Waals surface area contributed by atoms with Crippen LogP contribution in [0.2, 0.25) is 0 Å². The van der Waals surface area contributed by atoms with E-state index in [4.69, 9.17) is 0 Å². The largest absolute Gasteiger partial charge is 0.351 e. The second-order valence-corrected chi connectivity index (χ2v) is 5.01. The normalized spacial score (nSPS) is 10.5. The Balaban J connectivity index is 2.22. The summed E-state index contributed by atoms with van der Waals surface area (Å²) in [4.78, 5) is 24.5. The zero-order valence-corrected chi connectivity index (χ0v) is 13.2. The highest BCUT2D eigenvalue weighted by Crippen LogP contribution is 2.16. The van der Waals surface area contributed by atoms with Crippen LogP contribution in [0.25, 0.3) is 0 Å². The lowest BCUT2D eigenvalue weighted by molar-refractivity contribution is 0.0945. The summed E-state index contributed by atoms with van der Waals surface area (Å²) in [6, 6.07) is 0. The molecule has 0 atom stereocenters. The molecule has 2 aromatic rings. The molecule has 0 fully saturated rings. The number of anilines is 1. The summed E-state index contributed by atoms with van der Waals surface area (Å²) >= 11 is 0. The zero-order valence-electron chi connectivity index (χ0n) is 13.2. The SMILES string of the molecule is CCCNC(=O)c1c(NC(=O)c2cnn(C)c2C)cnn1C. The average Bonchev–Trinajstić information content (AvgIpc) is 3.00. The third kappa shape index (κ3) is 3.00. The first-order valence-corrected chi connectivity index (χ1v) is 7.05. The van der Waals surface area contributed by atoms with Crippen LogP contribution in [-0.4, -0.2) is 37.9 Å². The maximum atomic E-state index is 12.3. The molecule has 0 aromatic carbocycles. The second kappa shape index (κ2) is 6.42. The molecule has 2 amide bonds. The van der Waals surface area contributed by atoms with E-state index in [2.05, 4.69) is 20.8 Å². The van der Waals surface area contributed by atoms with Crippen molar-refractivity contribution in [3.63, 3.8) is 0 Å². The van der Waals surface area contributed by atoms with Crippen LogP contribution < -0.4 is 10.6 Å². The Hall–Kier alpha value is -2.64. The lowest BCUT2D eigenvalue weighted by atomic mass is 10.2. The van der Waals surface area contributed by atoms with Gasteiger partial charge in [-0.15, -0.1) is 0 Å². The van der Waals surface area contributed by atoms with Crippen LogP contribution in [0.15, 0.2) is 12.4 Å². The van der Waals surface area contributed by atoms with E-state index in [0.29, 0.717) is 23.5 Å². The minimum Gasteiger partial charge on any atom is -0.351 e. The molecule has 118 valence electrons. The highest BCUT2D eigenvalue weighted by Gasteiger charge is 2.20. The summed E-state index contributed by atoms with van der Waals surface area (Å²) < 4.78 is 3.06. The fraction of sp³-hybridized carbons (Fsp3) is 0.429. The van der Waals surface area contributed by atoms with Gasteiger partial charge < -0.3 is 10.6 Å². The zero-order chi connectivity index (χ0) is 16.3. The number of nitrogens with zero attached hydrogens (tertiary/aromatic N) is 4. The predicted octanol–water partition coefficient (Wildman–Crippen LogP) is 0.854. The Kier molecular flexibility index (Phi) is 4.59. The molecule has 8 nitrogen and oxygen atoms in total. The number of rotatable bonds is 5. The Morgan fingerprint density at radius 2 is 1.82 bits per heavy atom. The molecule has 0 aliphatic rings. The van der Waals surface area contributed by atoms with Crippen molar-refractivity contribution in [2.75, 3.05) is 11.9 Å². The van der Waals surface area contributed by atoms with Crippen molar-refractivity contribution in [2.24, 2.45) is 14.1 Å². The van der Waals surface area contributed by atoms with Gasteiger partial charge in [-0.2, -0.15) is 10.2 Å². The van der Waals surface area contributed by atoms with Crippen molar-refractivity contribution in [3.8, 4) is 0 Å². The fourth-order valence-corrected chi connectivity index (χ4v) is 2.03. The minimum atomic E-state index is -0.317. The van der Waals surface area contributed by atoms with Crippen molar-refractivity contribution in [2.45, 2.75) is 20.3 Å². The molecule has 0 radical (unpaired) electrons. The van der Waals surface area contributed by atoms with Crippen molar-refractivity contribution in [1.82, 2.24) is 24.9 Å². The second-order valence-electron chi connectivity index (χ2n) is 5.01. The first-order chi connectivity index (χ1) is 10.5. The molecule has 2 N–H and O–H groups in total. The summed E-state index contributed by atoms with van der Waals surface area (Å²) in [5.74, 6) is -0.580. The molecule has 0 aliphatic heterocycles. The van der Waals surface area contributed by atoms with Crippen LogP contribution in [0, 0.1) is 6.92 Å². The van der Waals surface area contributed by atoms with Gasteiger partial charge >= 0.3 is 0 Å². The van der Waals surface area contributed by atoms with Gasteiger partial charge in [-0.3, -0.25) is 19.0 Å². The summed E-state index contributed by atoms with van der Waals surface area (Å²) in [6.45, 7) is 4.34. The lowest BCUT2D eigenvalue weighted by Gasteiger charge is -2.08. The molecule has 0 bridgehead atoms. The van der Waals surface area contributed by atoms with E-state index in [0.717, 1.165) is 12.1 Å². The summed E-state index contributed by atoms with van der Waals surface area (Å²) in [5, 5.41) is 13.6. The van der Waals surface area contributed by atoms with Crippen molar-refractivity contribution in [3.05, 3.63) is 29.3 Å². The Bertz CT molecular complexity index is 700. The molecular weight excluding hydrogens is 284 g/mol. The molecule has 2 rings (SSSR count). The summed E-state index contributed by atoms with van der Waals surface area (Å²) in [6.07, 6.45) is 3.79. The van der Waals surface area contributed by atoms with E-state index in [-0.39, 0.29) is 11.8 Å². The number of aromatic nitrogens is 4. The molecule has 22 heavy (non-hydrogen) atoms. The third-order valence-corrected chi connectivity index (χ3v) is 3.42. The quantitative estimate of drug-likeness (QED) is 0.856. The topological polar surface area (TPSA) is 93.8 Å². The smallest absolute Gasteiger partial charge is 0.271 e. The minimum absolute atomic E-state index is 0.264. The molecule has 2 heterocycles. The lowest BCUT2D eigenvalue weighted by Crippen LogP contribution is -2.27. The first-order valence-electron chi connectivity index (χ1n) is 7.05. The van der Waals surface area contributed by atoms with E-state index in [1.807, 2.05) is 6.92 Å². The van der Waals surface area contributed by atoms with E-state index < -0.39 is 0 Å². The Morgan fingerprint density at radius 3 is 2.41 bits per heavy atom. The van der Waals surface area contributed by atoms with Gasteiger partial charge in [-0.05, 0) is 13.3 Å². The maximum Gasteiger partial charge on any atom is 0.271 e. The third-order valence-electron chi connectivity index (χ3n) is 3.42. The first kappa shape index (κ1) is 15.7. The molecule has 0 aliphatic carbocycles. The highest BCUT2D eigenvalue weighted by atomic mass is 16.2. The number of aryl methyl sites for hydroxylation is 2. The van der Waals surface area contributed by atoms with Crippen LogP contribution in [0.5, 0.6) is 0 Å². The monoisotopic (exact) mass is 304 g/mol. The molecule has 0 spiro atoms. The summed E-state index contributed by atoms with van der Waals surface area (Å²) in [7, 11) is 3.42. The Labute approximate surface area is 128 Å². The number of hydrogen-bond acceptors (Lipinski definition) is 4. The van der Waals surface area contributed by atoms with Gasteiger partial charge in [-0.25, -0.2) is 0 Å². The van der Waals surface area contributed by atoms with Gasteiger partial charge in [0.2, 0.25) is 0 Å². The van der Waals surface area contributed by atoms with E-state index in [1.165, 1.54) is 17.1 Å². The van der Waals surface area contributed by atoms with Crippen molar-refractivity contribution >= 4 is 17.5 Å². The van der Waals surface area contributed by atoms with Gasteiger partial charge in [0, 0.05) is 26.3 Å². The van der Waals surface area contributed by atoms with Gasteiger partial charge in [0.1, 0.15) is 5.69 Å². The maximum absolute atomic E-state index is 12.3. The molecule has 8 heteroatoms. The van der Waals surface area contributed by atoms with Crippen molar-refractivity contribution < 1.29 is 9.59 Å². The molecular formula is C14H20N6O2. The van der Waals surface area contributed by atoms with Crippen LogP contribution in [0.3, 0.4) is 0 Å². The van der Waals surface area contributed by atoms with E-state index in [9.17, 15) is 9.59 Å². The van der Waals surface area contributed by atoms with Crippen LogP contribution >= 0.6 is 0 Å². The summed E-state index contributed by atoms with van der Waals surface area (Å²) in [5.41, 5.74) is 1.91. The predicted molar refractivity (Wildman–Crippen MR) is 81.7 cm³/mol. The van der Waals surface area contributed by atoms with Gasteiger partial charge in [0.15, 0.2) is 0 Å². The fourth-order valence-electron chi connectivity index (χ4n) is 2.03. The van der Waals surface area contributed by atoms with E-state index >= 15 is 0 Å². The number of amides is 2. The molecule has 0 unspecified atom stereocenters. The number of nitrogens with one attached hydrogen (secondary N) is 2. The van der Waals surface area contributed by atoms with Crippen molar-refractivity contribution in [1.29, 1.82) is 0 Å².